The Balaban J connectivity index is 1.52. The average Bonchev–Trinajstić information content (AvgIpc) is 3.14. The van der Waals surface area contributed by atoms with E-state index in [2.05, 4.69) is 15.8 Å². The number of rotatable bonds is 5. The molecule has 0 bridgehead atoms. The Labute approximate surface area is 149 Å². The van der Waals surface area contributed by atoms with Crippen LogP contribution in [0.2, 0.25) is 0 Å². The van der Waals surface area contributed by atoms with Gasteiger partial charge >= 0.3 is 0 Å². The second-order valence-electron chi connectivity index (χ2n) is 5.07. The van der Waals surface area contributed by atoms with Gasteiger partial charge in [-0.05, 0) is 24.3 Å². The summed E-state index contributed by atoms with van der Waals surface area (Å²) in [5.74, 6) is -0.527. The molecule has 0 atom stereocenters. The molecule has 0 saturated heterocycles. The minimum atomic E-state index is -0.357. The molecule has 2 aromatic carbocycles. The first-order valence-electron chi connectivity index (χ1n) is 7.60. The Morgan fingerprint density at radius 3 is 2.36 bits per heavy atom. The molecule has 2 amide bonds. The third-order valence-corrected chi connectivity index (χ3v) is 4.29. The van der Waals surface area contributed by atoms with Crippen LogP contribution in [0.4, 0.5) is 0 Å². The van der Waals surface area contributed by atoms with Crippen LogP contribution in [0.5, 0.6) is 0 Å². The second kappa shape index (κ2) is 8.16. The first-order chi connectivity index (χ1) is 12.2. The molecule has 0 aliphatic heterocycles. The predicted octanol–water partition coefficient (Wildman–Crippen LogP) is 2.43. The summed E-state index contributed by atoms with van der Waals surface area (Å²) in [5.41, 5.74) is 6.26. The van der Waals surface area contributed by atoms with Crippen LogP contribution in [0.15, 0.2) is 78.2 Å². The Morgan fingerprint density at radius 1 is 0.960 bits per heavy atom. The summed E-state index contributed by atoms with van der Waals surface area (Å²) in [5, 5.41) is 0.704. The van der Waals surface area contributed by atoms with Crippen LogP contribution in [-0.2, 0) is 4.79 Å². The van der Waals surface area contributed by atoms with Gasteiger partial charge in [0.15, 0.2) is 5.16 Å². The summed E-state index contributed by atoms with van der Waals surface area (Å²) < 4.78 is 1.90. The fourth-order valence-electron chi connectivity index (χ4n) is 2.14. The van der Waals surface area contributed by atoms with Crippen molar-refractivity contribution < 1.29 is 9.59 Å². The van der Waals surface area contributed by atoms with Gasteiger partial charge in [-0.25, -0.2) is 4.98 Å². The molecule has 0 saturated carbocycles. The van der Waals surface area contributed by atoms with Crippen LogP contribution in [-0.4, -0.2) is 27.1 Å². The van der Waals surface area contributed by atoms with Gasteiger partial charge in [0.1, 0.15) is 0 Å². The number of thioether (sulfide) groups is 1. The summed E-state index contributed by atoms with van der Waals surface area (Å²) >= 11 is 1.29. The normalized spacial score (nSPS) is 10.2. The number of hydrogen-bond acceptors (Lipinski definition) is 4. The highest BCUT2D eigenvalue weighted by Gasteiger charge is 2.10. The van der Waals surface area contributed by atoms with Crippen molar-refractivity contribution in [2.45, 2.75) is 5.16 Å². The highest BCUT2D eigenvalue weighted by molar-refractivity contribution is 7.99. The van der Waals surface area contributed by atoms with E-state index in [4.69, 9.17) is 0 Å². The first kappa shape index (κ1) is 16.8. The van der Waals surface area contributed by atoms with Gasteiger partial charge in [-0.15, -0.1) is 0 Å². The number of aromatic nitrogens is 2. The van der Waals surface area contributed by atoms with E-state index >= 15 is 0 Å². The van der Waals surface area contributed by atoms with E-state index in [-0.39, 0.29) is 17.6 Å². The fraction of sp³-hybridized carbons (Fsp3) is 0.0556. The summed E-state index contributed by atoms with van der Waals surface area (Å²) in [6.07, 6.45) is 3.52. The molecule has 1 aromatic heterocycles. The minimum Gasteiger partial charge on any atom is -0.295 e. The zero-order valence-electron chi connectivity index (χ0n) is 13.3. The van der Waals surface area contributed by atoms with Gasteiger partial charge in [0.05, 0.1) is 5.75 Å². The number of nitrogens with zero attached hydrogens (tertiary/aromatic N) is 2. The van der Waals surface area contributed by atoms with E-state index in [1.165, 1.54) is 11.8 Å². The molecule has 2 N–H and O–H groups in total. The topological polar surface area (TPSA) is 76.0 Å². The van der Waals surface area contributed by atoms with E-state index in [1.807, 2.05) is 47.2 Å². The molecule has 3 rings (SSSR count). The molecule has 0 unspecified atom stereocenters. The largest absolute Gasteiger partial charge is 0.295 e. The van der Waals surface area contributed by atoms with Crippen LogP contribution in [0.3, 0.4) is 0 Å². The number of para-hydroxylation sites is 1. The molecule has 126 valence electrons. The standard InChI is InChI=1S/C18H16N4O2S/c23-16(20-21-17(24)14-7-3-1-4-8-14)13-25-18-19-11-12-22(18)15-9-5-2-6-10-15/h1-12H,13H2,(H,20,23)(H,21,24). The molecule has 0 aliphatic rings. The third-order valence-electron chi connectivity index (χ3n) is 3.32. The number of carbonyl (C=O) groups excluding carboxylic acids is 2. The Morgan fingerprint density at radius 2 is 1.64 bits per heavy atom. The molecule has 0 fully saturated rings. The van der Waals surface area contributed by atoms with Gasteiger partial charge < -0.3 is 0 Å². The zero-order chi connectivity index (χ0) is 17.5. The van der Waals surface area contributed by atoms with Crippen LogP contribution in [0, 0.1) is 0 Å². The molecule has 6 nitrogen and oxygen atoms in total. The van der Waals surface area contributed by atoms with Crippen LogP contribution in [0.25, 0.3) is 5.69 Å². The van der Waals surface area contributed by atoms with Crippen molar-refractivity contribution in [1.29, 1.82) is 0 Å². The van der Waals surface area contributed by atoms with Crippen LogP contribution < -0.4 is 10.9 Å². The maximum atomic E-state index is 11.9. The van der Waals surface area contributed by atoms with Crippen molar-refractivity contribution in [1.82, 2.24) is 20.4 Å². The van der Waals surface area contributed by atoms with Gasteiger partial charge in [-0.2, -0.15) is 0 Å². The van der Waals surface area contributed by atoms with Gasteiger partial charge in [0, 0.05) is 23.6 Å². The summed E-state index contributed by atoms with van der Waals surface area (Å²) in [7, 11) is 0. The van der Waals surface area contributed by atoms with Crippen LogP contribution in [0.1, 0.15) is 10.4 Å². The lowest BCUT2D eigenvalue weighted by atomic mass is 10.2. The van der Waals surface area contributed by atoms with Crippen molar-refractivity contribution in [3.63, 3.8) is 0 Å². The average molecular weight is 352 g/mol. The monoisotopic (exact) mass is 352 g/mol. The molecule has 25 heavy (non-hydrogen) atoms. The number of amides is 2. The lowest BCUT2D eigenvalue weighted by molar-refractivity contribution is -0.119. The molecular formula is C18H16N4O2S. The van der Waals surface area contributed by atoms with Crippen molar-refractivity contribution in [2.24, 2.45) is 0 Å². The molecule has 1 heterocycles. The number of nitrogens with one attached hydrogen (secondary N) is 2. The van der Waals surface area contributed by atoms with E-state index in [0.29, 0.717) is 10.7 Å². The van der Waals surface area contributed by atoms with E-state index in [0.717, 1.165) is 5.69 Å². The van der Waals surface area contributed by atoms with E-state index in [1.54, 1.807) is 30.5 Å². The molecule has 0 radical (unpaired) electrons. The van der Waals surface area contributed by atoms with Gasteiger partial charge in [0.25, 0.3) is 5.91 Å². The Kier molecular flexibility index (Phi) is 5.48. The van der Waals surface area contributed by atoms with Crippen molar-refractivity contribution in [2.75, 3.05) is 5.75 Å². The fourth-order valence-corrected chi connectivity index (χ4v) is 2.91. The lowest BCUT2D eigenvalue weighted by Crippen LogP contribution is -2.42. The molecule has 0 spiro atoms. The number of imidazole rings is 1. The molecular weight excluding hydrogens is 336 g/mol. The smallest absolute Gasteiger partial charge is 0.269 e. The first-order valence-corrected chi connectivity index (χ1v) is 8.58. The summed E-state index contributed by atoms with van der Waals surface area (Å²) in [6, 6.07) is 18.4. The number of carbonyl (C=O) groups is 2. The highest BCUT2D eigenvalue weighted by Crippen LogP contribution is 2.19. The van der Waals surface area contributed by atoms with E-state index < -0.39 is 0 Å². The maximum Gasteiger partial charge on any atom is 0.269 e. The quantitative estimate of drug-likeness (QED) is 0.546. The van der Waals surface area contributed by atoms with Crippen molar-refractivity contribution in [3.8, 4) is 5.69 Å². The minimum absolute atomic E-state index is 0.138. The SMILES string of the molecule is O=C(CSc1nccn1-c1ccccc1)NNC(=O)c1ccccc1. The molecule has 0 aliphatic carbocycles. The second-order valence-corrected chi connectivity index (χ2v) is 6.01. The van der Waals surface area contributed by atoms with Crippen molar-refractivity contribution >= 4 is 23.6 Å². The maximum absolute atomic E-state index is 11.9. The molecule has 3 aromatic rings. The number of benzene rings is 2. The number of hydrazine groups is 1. The van der Waals surface area contributed by atoms with E-state index in [9.17, 15) is 9.59 Å². The lowest BCUT2D eigenvalue weighted by Gasteiger charge is -2.08. The van der Waals surface area contributed by atoms with Crippen LogP contribution >= 0.6 is 11.8 Å². The Bertz CT molecular complexity index is 850. The predicted molar refractivity (Wildman–Crippen MR) is 96.3 cm³/mol. The molecule has 7 heteroatoms. The summed E-state index contributed by atoms with van der Waals surface area (Å²) in [6.45, 7) is 0. The summed E-state index contributed by atoms with van der Waals surface area (Å²) in [4.78, 5) is 28.1. The van der Waals surface area contributed by atoms with Gasteiger partial charge in [0.2, 0.25) is 5.91 Å². The van der Waals surface area contributed by atoms with Gasteiger partial charge in [-0.1, -0.05) is 48.2 Å². The van der Waals surface area contributed by atoms with Crippen molar-refractivity contribution in [3.05, 3.63) is 78.6 Å². The Hall–Kier alpha value is -3.06. The van der Waals surface area contributed by atoms with Gasteiger partial charge in [-0.3, -0.25) is 25.0 Å². The zero-order valence-corrected chi connectivity index (χ0v) is 14.1. The highest BCUT2D eigenvalue weighted by atomic mass is 32.2. The third kappa shape index (κ3) is 4.48. The number of hydrogen-bond donors (Lipinski definition) is 2.